The fraction of sp³-hybridized carbons (Fsp3) is 0.500. The van der Waals surface area contributed by atoms with Crippen LogP contribution < -0.4 is 9.47 Å². The van der Waals surface area contributed by atoms with Crippen molar-refractivity contribution in [1.82, 2.24) is 0 Å². The molecule has 4 nitrogen and oxygen atoms in total. The number of halogens is 1. The van der Waals surface area contributed by atoms with Crippen LogP contribution in [0.3, 0.4) is 0 Å². The zero-order chi connectivity index (χ0) is 12.7. The van der Waals surface area contributed by atoms with Gasteiger partial charge in [-0.1, -0.05) is 22.0 Å². The normalized spacial score (nSPS) is 12.2. The summed E-state index contributed by atoms with van der Waals surface area (Å²) in [5.41, 5.74) is 0.976. The second-order valence-electron chi connectivity index (χ2n) is 3.51. The fourth-order valence-corrected chi connectivity index (χ4v) is 1.51. The Balaban J connectivity index is 2.54. The van der Waals surface area contributed by atoms with E-state index in [2.05, 4.69) is 15.9 Å². The highest BCUT2D eigenvalue weighted by molar-refractivity contribution is 9.09. The maximum Gasteiger partial charge on any atom is 0.161 e. The Labute approximate surface area is 110 Å². The van der Waals surface area contributed by atoms with Crippen LogP contribution in [0.15, 0.2) is 18.2 Å². The molecule has 1 rings (SSSR count). The minimum Gasteiger partial charge on any atom is -0.493 e. The third-order valence-corrected chi connectivity index (χ3v) is 2.95. The molecule has 1 N–H and O–H groups in total. The zero-order valence-electron chi connectivity index (χ0n) is 9.98. The molecular formula is C12H17BrO4. The summed E-state index contributed by atoms with van der Waals surface area (Å²) in [4.78, 5) is 0. The Morgan fingerprint density at radius 3 is 2.53 bits per heavy atom. The lowest BCUT2D eigenvalue weighted by Gasteiger charge is -2.11. The van der Waals surface area contributed by atoms with Crippen LogP contribution in [0.25, 0.3) is 0 Å². The number of aliphatic hydroxyl groups is 1. The van der Waals surface area contributed by atoms with E-state index in [-0.39, 0.29) is 0 Å². The summed E-state index contributed by atoms with van der Waals surface area (Å²) in [7, 11) is 3.19. The maximum atomic E-state index is 9.30. The van der Waals surface area contributed by atoms with E-state index in [9.17, 15) is 5.11 Å². The van der Waals surface area contributed by atoms with Gasteiger partial charge in [0.15, 0.2) is 11.5 Å². The first-order chi connectivity index (χ1) is 8.21. The highest BCUT2D eigenvalue weighted by Gasteiger charge is 2.06. The van der Waals surface area contributed by atoms with Crippen molar-refractivity contribution >= 4 is 15.9 Å². The number of rotatable bonds is 7. The largest absolute Gasteiger partial charge is 0.493 e. The number of aliphatic hydroxyl groups excluding tert-OH is 1. The average Bonchev–Trinajstić information content (AvgIpc) is 2.38. The summed E-state index contributed by atoms with van der Waals surface area (Å²) >= 11 is 3.18. The molecule has 0 bridgehead atoms. The Bertz CT molecular complexity index is 343. The molecular weight excluding hydrogens is 288 g/mol. The predicted octanol–water partition coefficient (Wildman–Crippen LogP) is 1.98. The molecule has 0 radical (unpaired) electrons. The number of benzene rings is 1. The van der Waals surface area contributed by atoms with Crippen molar-refractivity contribution in [1.29, 1.82) is 0 Å². The van der Waals surface area contributed by atoms with Gasteiger partial charge in [0.25, 0.3) is 0 Å². The first-order valence-electron chi connectivity index (χ1n) is 5.24. The van der Waals surface area contributed by atoms with E-state index < -0.39 is 6.10 Å². The molecule has 5 heteroatoms. The molecule has 0 aromatic heterocycles. The highest BCUT2D eigenvalue weighted by atomic mass is 79.9. The van der Waals surface area contributed by atoms with Crippen molar-refractivity contribution in [2.45, 2.75) is 12.7 Å². The lowest BCUT2D eigenvalue weighted by Crippen LogP contribution is -2.16. The summed E-state index contributed by atoms with van der Waals surface area (Å²) in [5.74, 6) is 1.37. The number of hydrogen-bond acceptors (Lipinski definition) is 4. The predicted molar refractivity (Wildman–Crippen MR) is 69.0 cm³/mol. The Hall–Kier alpha value is -0.780. The molecule has 0 saturated carbocycles. The van der Waals surface area contributed by atoms with E-state index in [0.29, 0.717) is 30.0 Å². The Morgan fingerprint density at radius 1 is 1.24 bits per heavy atom. The van der Waals surface area contributed by atoms with Crippen molar-refractivity contribution in [2.75, 3.05) is 26.2 Å². The minimum absolute atomic E-state index is 0.305. The van der Waals surface area contributed by atoms with E-state index in [1.165, 1.54) is 0 Å². The molecule has 0 spiro atoms. The lowest BCUT2D eigenvalue weighted by molar-refractivity contribution is 0.0402. The van der Waals surface area contributed by atoms with Gasteiger partial charge in [-0.05, 0) is 17.7 Å². The van der Waals surface area contributed by atoms with Gasteiger partial charge in [-0.3, -0.25) is 0 Å². The molecule has 0 saturated heterocycles. The summed E-state index contributed by atoms with van der Waals surface area (Å²) in [5, 5.41) is 9.82. The van der Waals surface area contributed by atoms with Crippen molar-refractivity contribution in [2.24, 2.45) is 0 Å². The molecule has 17 heavy (non-hydrogen) atoms. The summed E-state index contributed by atoms with van der Waals surface area (Å²) in [6, 6.07) is 5.60. The van der Waals surface area contributed by atoms with Crippen LogP contribution in [0.1, 0.15) is 5.56 Å². The standard InChI is InChI=1S/C12H17BrO4/c1-15-11-4-3-9(5-12(11)16-2)7-17-8-10(14)6-13/h3-5,10,14H,6-8H2,1-2H3/t10-/m1/s1. The van der Waals surface area contributed by atoms with E-state index in [1.807, 2.05) is 18.2 Å². The zero-order valence-corrected chi connectivity index (χ0v) is 11.6. The summed E-state index contributed by atoms with van der Waals surface area (Å²) in [6.07, 6.45) is -0.477. The molecule has 0 unspecified atom stereocenters. The Kier molecular flexibility index (Phi) is 6.32. The van der Waals surface area contributed by atoms with Crippen LogP contribution in [0, 0.1) is 0 Å². The monoisotopic (exact) mass is 304 g/mol. The summed E-state index contributed by atoms with van der Waals surface area (Å²) in [6.45, 7) is 0.740. The van der Waals surface area contributed by atoms with Crippen LogP contribution in [0.5, 0.6) is 11.5 Å². The molecule has 0 aliphatic carbocycles. The van der Waals surface area contributed by atoms with Gasteiger partial charge in [-0.15, -0.1) is 0 Å². The number of ether oxygens (including phenoxy) is 3. The van der Waals surface area contributed by atoms with Gasteiger partial charge < -0.3 is 19.3 Å². The SMILES string of the molecule is COc1ccc(COC[C@H](O)CBr)cc1OC. The molecule has 0 fully saturated rings. The van der Waals surface area contributed by atoms with Crippen molar-refractivity contribution < 1.29 is 19.3 Å². The molecule has 1 atom stereocenters. The van der Waals surface area contributed by atoms with Crippen molar-refractivity contribution in [3.05, 3.63) is 23.8 Å². The number of methoxy groups -OCH3 is 2. The second kappa shape index (κ2) is 7.53. The molecule has 0 aliphatic heterocycles. The van der Waals surface area contributed by atoms with Crippen LogP contribution in [0.4, 0.5) is 0 Å². The van der Waals surface area contributed by atoms with Crippen molar-refractivity contribution in [3.8, 4) is 11.5 Å². The third-order valence-electron chi connectivity index (χ3n) is 2.21. The van der Waals surface area contributed by atoms with E-state index in [0.717, 1.165) is 5.56 Å². The lowest BCUT2D eigenvalue weighted by atomic mass is 10.2. The van der Waals surface area contributed by atoms with Gasteiger partial charge in [0.2, 0.25) is 0 Å². The van der Waals surface area contributed by atoms with Gasteiger partial charge in [0.05, 0.1) is 33.5 Å². The van der Waals surface area contributed by atoms with Gasteiger partial charge in [0, 0.05) is 5.33 Å². The minimum atomic E-state index is -0.477. The van der Waals surface area contributed by atoms with Crippen LogP contribution in [0.2, 0.25) is 0 Å². The van der Waals surface area contributed by atoms with Crippen molar-refractivity contribution in [3.63, 3.8) is 0 Å². The smallest absolute Gasteiger partial charge is 0.161 e. The molecule has 1 aromatic carbocycles. The van der Waals surface area contributed by atoms with Crippen LogP contribution in [-0.2, 0) is 11.3 Å². The number of hydrogen-bond donors (Lipinski definition) is 1. The molecule has 0 heterocycles. The highest BCUT2D eigenvalue weighted by Crippen LogP contribution is 2.27. The number of alkyl halides is 1. The Morgan fingerprint density at radius 2 is 1.94 bits per heavy atom. The topological polar surface area (TPSA) is 47.9 Å². The second-order valence-corrected chi connectivity index (χ2v) is 4.16. The van der Waals surface area contributed by atoms with E-state index in [1.54, 1.807) is 14.2 Å². The first kappa shape index (κ1) is 14.3. The van der Waals surface area contributed by atoms with E-state index in [4.69, 9.17) is 14.2 Å². The van der Waals surface area contributed by atoms with E-state index >= 15 is 0 Å². The average molecular weight is 305 g/mol. The molecule has 0 amide bonds. The van der Waals surface area contributed by atoms with Crippen LogP contribution >= 0.6 is 15.9 Å². The third kappa shape index (κ3) is 4.53. The van der Waals surface area contributed by atoms with Gasteiger partial charge in [-0.25, -0.2) is 0 Å². The first-order valence-corrected chi connectivity index (χ1v) is 6.36. The summed E-state index contributed by atoms with van der Waals surface area (Å²) < 4.78 is 15.7. The fourth-order valence-electron chi connectivity index (χ4n) is 1.33. The van der Waals surface area contributed by atoms with Crippen LogP contribution in [-0.4, -0.2) is 37.4 Å². The molecule has 96 valence electrons. The van der Waals surface area contributed by atoms with Gasteiger partial charge in [-0.2, -0.15) is 0 Å². The molecule has 0 aliphatic rings. The molecule has 1 aromatic rings. The quantitative estimate of drug-likeness (QED) is 0.783. The van der Waals surface area contributed by atoms with Gasteiger partial charge in [0.1, 0.15) is 0 Å². The maximum absolute atomic E-state index is 9.30. The van der Waals surface area contributed by atoms with Gasteiger partial charge >= 0.3 is 0 Å².